The third kappa shape index (κ3) is 2.43. The molecule has 98 valence electrons. The molecular weight excluding hydrogens is 232 g/mol. The van der Waals surface area contributed by atoms with Crippen molar-refractivity contribution in [3.05, 3.63) is 17.8 Å². The Labute approximate surface area is 106 Å². The number of hydrogen-bond acceptors (Lipinski definition) is 5. The summed E-state index contributed by atoms with van der Waals surface area (Å²) in [7, 11) is 1.55. The number of β-amino-alcohol motifs (C(OH)–C–C–N with tert-alkyl or cyclic N) is 1. The lowest BCUT2D eigenvalue weighted by atomic mass is 9.89. The maximum absolute atomic E-state index is 11.3. The van der Waals surface area contributed by atoms with E-state index in [1.807, 2.05) is 4.90 Å². The van der Waals surface area contributed by atoms with E-state index in [1.165, 1.54) is 0 Å². The van der Waals surface area contributed by atoms with E-state index >= 15 is 0 Å². The Morgan fingerprint density at radius 2 is 2.22 bits per heavy atom. The molecule has 2 N–H and O–H groups in total. The van der Waals surface area contributed by atoms with Crippen LogP contribution in [-0.4, -0.2) is 46.9 Å². The van der Waals surface area contributed by atoms with E-state index in [1.54, 1.807) is 19.2 Å². The van der Waals surface area contributed by atoms with Gasteiger partial charge in [0, 0.05) is 7.05 Å². The fraction of sp³-hybridized carbons (Fsp3) is 0.583. The lowest BCUT2D eigenvalue weighted by molar-refractivity contribution is 0.00284. The van der Waals surface area contributed by atoms with Crippen LogP contribution in [0.2, 0.25) is 0 Å². The molecule has 2 heterocycles. The molecule has 1 fully saturated rings. The van der Waals surface area contributed by atoms with Gasteiger partial charge in [-0.15, -0.1) is 10.2 Å². The highest BCUT2D eigenvalue weighted by atomic mass is 16.3. The predicted molar refractivity (Wildman–Crippen MR) is 67.5 cm³/mol. The van der Waals surface area contributed by atoms with Crippen LogP contribution in [0.25, 0.3) is 0 Å². The molecule has 1 amide bonds. The first-order valence-electron chi connectivity index (χ1n) is 6.11. The first kappa shape index (κ1) is 12.8. The van der Waals surface area contributed by atoms with Gasteiger partial charge in [-0.3, -0.25) is 4.79 Å². The van der Waals surface area contributed by atoms with Crippen LogP contribution >= 0.6 is 0 Å². The van der Waals surface area contributed by atoms with Gasteiger partial charge in [-0.1, -0.05) is 13.3 Å². The molecule has 1 aliphatic rings. The molecule has 2 rings (SSSR count). The molecule has 0 bridgehead atoms. The van der Waals surface area contributed by atoms with E-state index in [0.29, 0.717) is 24.6 Å². The van der Waals surface area contributed by atoms with Crippen molar-refractivity contribution in [3.63, 3.8) is 0 Å². The van der Waals surface area contributed by atoms with Gasteiger partial charge in [-0.2, -0.15) is 0 Å². The minimum Gasteiger partial charge on any atom is -0.386 e. The van der Waals surface area contributed by atoms with Gasteiger partial charge in [-0.25, -0.2) is 0 Å². The van der Waals surface area contributed by atoms with Crippen molar-refractivity contribution >= 4 is 11.7 Å². The molecule has 1 aromatic heterocycles. The molecular formula is C12H18N4O2. The van der Waals surface area contributed by atoms with Crippen molar-refractivity contribution in [3.8, 4) is 0 Å². The van der Waals surface area contributed by atoms with E-state index in [9.17, 15) is 9.90 Å². The molecule has 1 aromatic rings. The highest BCUT2D eigenvalue weighted by Crippen LogP contribution is 2.29. The monoisotopic (exact) mass is 250 g/mol. The average molecular weight is 250 g/mol. The average Bonchev–Trinajstić information content (AvgIpc) is 2.35. The number of aliphatic hydroxyl groups is 1. The molecule has 0 atom stereocenters. The number of aromatic nitrogens is 2. The molecule has 0 unspecified atom stereocenters. The van der Waals surface area contributed by atoms with Gasteiger partial charge in [0.25, 0.3) is 5.91 Å². The zero-order chi connectivity index (χ0) is 13.2. The fourth-order valence-corrected chi connectivity index (χ4v) is 2.19. The molecule has 0 aromatic carbocycles. The summed E-state index contributed by atoms with van der Waals surface area (Å²) in [5, 5.41) is 20.4. The molecule has 0 spiro atoms. The maximum Gasteiger partial charge on any atom is 0.271 e. The highest BCUT2D eigenvalue weighted by molar-refractivity contribution is 5.91. The van der Waals surface area contributed by atoms with Crippen LogP contribution in [0.5, 0.6) is 0 Å². The standard InChI is InChI=1S/C12H18N4O2/c1-3-6-12(18)7-16(8-12)10-5-4-9(14-15-10)11(17)13-2/h4-5,18H,3,6-8H2,1-2H3,(H,13,17). The lowest BCUT2D eigenvalue weighted by Crippen LogP contribution is -2.62. The Hall–Kier alpha value is -1.69. The number of nitrogens with one attached hydrogen (secondary N) is 1. The minimum atomic E-state index is -0.587. The van der Waals surface area contributed by atoms with Crippen LogP contribution in [0.3, 0.4) is 0 Å². The first-order valence-corrected chi connectivity index (χ1v) is 6.11. The number of nitrogens with zero attached hydrogens (tertiary/aromatic N) is 3. The Balaban J connectivity index is 1.98. The summed E-state index contributed by atoms with van der Waals surface area (Å²) in [4.78, 5) is 13.3. The van der Waals surface area contributed by atoms with Gasteiger partial charge in [0.2, 0.25) is 0 Å². The second-order valence-electron chi connectivity index (χ2n) is 4.69. The molecule has 0 radical (unpaired) electrons. The van der Waals surface area contributed by atoms with E-state index in [4.69, 9.17) is 0 Å². The van der Waals surface area contributed by atoms with Crippen LogP contribution in [0, 0.1) is 0 Å². The third-order valence-corrected chi connectivity index (χ3v) is 3.12. The van der Waals surface area contributed by atoms with E-state index in [0.717, 1.165) is 12.8 Å². The van der Waals surface area contributed by atoms with Crippen molar-refractivity contribution in [1.82, 2.24) is 15.5 Å². The van der Waals surface area contributed by atoms with Crippen LogP contribution < -0.4 is 10.2 Å². The van der Waals surface area contributed by atoms with Gasteiger partial charge in [0.15, 0.2) is 11.5 Å². The largest absolute Gasteiger partial charge is 0.386 e. The zero-order valence-corrected chi connectivity index (χ0v) is 10.7. The summed E-state index contributed by atoms with van der Waals surface area (Å²) in [5.74, 6) is 0.448. The van der Waals surface area contributed by atoms with Crippen molar-refractivity contribution in [2.45, 2.75) is 25.4 Å². The normalized spacial score (nSPS) is 17.2. The van der Waals surface area contributed by atoms with Crippen LogP contribution in [0.15, 0.2) is 12.1 Å². The second-order valence-corrected chi connectivity index (χ2v) is 4.69. The summed E-state index contributed by atoms with van der Waals surface area (Å²) in [5.41, 5.74) is -0.291. The molecule has 1 saturated heterocycles. The van der Waals surface area contributed by atoms with Crippen molar-refractivity contribution < 1.29 is 9.90 Å². The maximum atomic E-state index is 11.3. The SMILES string of the molecule is CCCC1(O)CN(c2ccc(C(=O)NC)nn2)C1. The Morgan fingerprint density at radius 3 is 2.72 bits per heavy atom. The van der Waals surface area contributed by atoms with Gasteiger partial charge in [0.05, 0.1) is 18.7 Å². The predicted octanol–water partition coefficient (Wildman–Crippen LogP) is 0.187. The molecule has 6 heteroatoms. The smallest absolute Gasteiger partial charge is 0.271 e. The summed E-state index contributed by atoms with van der Waals surface area (Å²) < 4.78 is 0. The van der Waals surface area contributed by atoms with Crippen molar-refractivity contribution in [2.24, 2.45) is 0 Å². The zero-order valence-electron chi connectivity index (χ0n) is 10.7. The van der Waals surface area contributed by atoms with Crippen LogP contribution in [0.1, 0.15) is 30.3 Å². The Morgan fingerprint density at radius 1 is 1.50 bits per heavy atom. The summed E-state index contributed by atoms with van der Waals surface area (Å²) in [6.45, 7) is 3.21. The molecule has 1 aliphatic heterocycles. The number of hydrogen-bond donors (Lipinski definition) is 2. The van der Waals surface area contributed by atoms with Gasteiger partial charge >= 0.3 is 0 Å². The minimum absolute atomic E-state index is 0.250. The van der Waals surface area contributed by atoms with Crippen molar-refractivity contribution in [2.75, 3.05) is 25.0 Å². The second kappa shape index (κ2) is 4.89. The van der Waals surface area contributed by atoms with E-state index in [2.05, 4.69) is 22.4 Å². The molecule has 6 nitrogen and oxygen atoms in total. The van der Waals surface area contributed by atoms with Crippen LogP contribution in [-0.2, 0) is 0 Å². The van der Waals surface area contributed by atoms with Gasteiger partial charge < -0.3 is 15.3 Å². The number of anilines is 1. The molecule has 0 aliphatic carbocycles. The summed E-state index contributed by atoms with van der Waals surface area (Å²) in [6, 6.07) is 3.39. The topological polar surface area (TPSA) is 78.4 Å². The lowest BCUT2D eigenvalue weighted by Gasteiger charge is -2.47. The molecule has 0 saturated carbocycles. The third-order valence-electron chi connectivity index (χ3n) is 3.12. The highest BCUT2D eigenvalue weighted by Gasteiger charge is 2.40. The number of carbonyl (C=O) groups excluding carboxylic acids is 1. The number of rotatable bonds is 4. The Kier molecular flexibility index (Phi) is 3.47. The number of carbonyl (C=O) groups is 1. The van der Waals surface area contributed by atoms with E-state index < -0.39 is 5.60 Å². The van der Waals surface area contributed by atoms with Gasteiger partial charge in [-0.05, 0) is 18.6 Å². The quantitative estimate of drug-likeness (QED) is 0.797. The molecule has 18 heavy (non-hydrogen) atoms. The van der Waals surface area contributed by atoms with Crippen LogP contribution in [0.4, 0.5) is 5.82 Å². The summed E-state index contributed by atoms with van der Waals surface area (Å²) >= 11 is 0. The van der Waals surface area contributed by atoms with Gasteiger partial charge in [0.1, 0.15) is 0 Å². The number of amides is 1. The Bertz CT molecular complexity index is 426. The summed E-state index contributed by atoms with van der Waals surface area (Å²) in [6.07, 6.45) is 1.76. The van der Waals surface area contributed by atoms with E-state index in [-0.39, 0.29) is 5.91 Å². The fourth-order valence-electron chi connectivity index (χ4n) is 2.19. The van der Waals surface area contributed by atoms with Crippen molar-refractivity contribution in [1.29, 1.82) is 0 Å². The first-order chi connectivity index (χ1) is 8.58.